The highest BCUT2D eigenvalue weighted by atomic mass is 16.1. The van der Waals surface area contributed by atoms with E-state index in [9.17, 15) is 9.59 Å². The minimum absolute atomic E-state index is 0.0121. The highest BCUT2D eigenvalue weighted by molar-refractivity contribution is 5.95. The van der Waals surface area contributed by atoms with Gasteiger partial charge in [0.2, 0.25) is 5.91 Å². The summed E-state index contributed by atoms with van der Waals surface area (Å²) in [5.74, 6) is -0.0516. The number of hydrogen-bond acceptors (Lipinski definition) is 3. The molecule has 0 saturated carbocycles. The number of carbonyl (C=O) groups is 2. The number of nitrogens with zero attached hydrogens (tertiary/aromatic N) is 1. The van der Waals surface area contributed by atoms with E-state index in [0.29, 0.717) is 24.1 Å². The van der Waals surface area contributed by atoms with Crippen molar-refractivity contribution in [2.75, 3.05) is 5.32 Å². The Morgan fingerprint density at radius 3 is 2.45 bits per heavy atom. The van der Waals surface area contributed by atoms with Crippen LogP contribution in [0.25, 0.3) is 0 Å². The number of ketones is 1. The number of aryl methyl sites for hydroxylation is 1. The largest absolute Gasteiger partial charge is 0.326 e. The van der Waals surface area contributed by atoms with Crippen LogP contribution in [-0.2, 0) is 11.2 Å². The molecule has 0 radical (unpaired) electrons. The first-order chi connectivity index (χ1) is 9.65. The Hall–Kier alpha value is -2.49. The first-order valence-corrected chi connectivity index (χ1v) is 6.46. The lowest BCUT2D eigenvalue weighted by Crippen LogP contribution is -2.12. The lowest BCUT2D eigenvalue weighted by Gasteiger charge is -2.05. The summed E-state index contributed by atoms with van der Waals surface area (Å²) in [5, 5.41) is 2.80. The van der Waals surface area contributed by atoms with Gasteiger partial charge in [-0.15, -0.1) is 0 Å². The summed E-state index contributed by atoms with van der Waals surface area (Å²) >= 11 is 0. The Morgan fingerprint density at radius 2 is 1.85 bits per heavy atom. The van der Waals surface area contributed by atoms with Crippen LogP contribution in [0, 0.1) is 0 Å². The number of anilines is 1. The highest BCUT2D eigenvalue weighted by Crippen LogP contribution is 2.11. The molecule has 4 heteroatoms. The van der Waals surface area contributed by atoms with Crippen LogP contribution in [0.15, 0.2) is 48.7 Å². The molecule has 0 atom stereocenters. The van der Waals surface area contributed by atoms with Gasteiger partial charge in [0.25, 0.3) is 0 Å². The zero-order valence-corrected chi connectivity index (χ0v) is 11.3. The molecule has 1 N–H and O–H groups in total. The minimum atomic E-state index is -0.0637. The maximum Gasteiger partial charge on any atom is 0.224 e. The van der Waals surface area contributed by atoms with E-state index in [1.165, 1.54) is 6.92 Å². The molecule has 0 spiro atoms. The van der Waals surface area contributed by atoms with Crippen molar-refractivity contribution in [1.29, 1.82) is 0 Å². The summed E-state index contributed by atoms with van der Waals surface area (Å²) in [6, 6.07) is 12.5. The van der Waals surface area contributed by atoms with Crippen LogP contribution in [0.1, 0.15) is 29.4 Å². The lowest BCUT2D eigenvalue weighted by molar-refractivity contribution is -0.116. The normalized spacial score (nSPS) is 10.1. The second-order valence-corrected chi connectivity index (χ2v) is 4.50. The summed E-state index contributed by atoms with van der Waals surface area (Å²) < 4.78 is 0. The number of nitrogens with one attached hydrogen (secondary N) is 1. The molecule has 0 aliphatic rings. The number of rotatable bonds is 5. The van der Waals surface area contributed by atoms with Gasteiger partial charge in [-0.3, -0.25) is 14.6 Å². The number of aromatic nitrogens is 1. The number of hydrogen-bond donors (Lipinski definition) is 1. The van der Waals surface area contributed by atoms with E-state index in [0.717, 1.165) is 5.69 Å². The van der Waals surface area contributed by atoms with E-state index in [4.69, 9.17) is 0 Å². The maximum absolute atomic E-state index is 11.8. The van der Waals surface area contributed by atoms with Crippen molar-refractivity contribution in [3.05, 3.63) is 59.9 Å². The van der Waals surface area contributed by atoms with Crippen LogP contribution in [-0.4, -0.2) is 16.7 Å². The van der Waals surface area contributed by atoms with Gasteiger partial charge in [0.05, 0.1) is 0 Å². The minimum Gasteiger partial charge on any atom is -0.326 e. The lowest BCUT2D eigenvalue weighted by atomic mass is 10.1. The summed E-state index contributed by atoms with van der Waals surface area (Å²) in [7, 11) is 0. The summed E-state index contributed by atoms with van der Waals surface area (Å²) in [6.45, 7) is 1.51. The fraction of sp³-hybridized carbons (Fsp3) is 0.188. The quantitative estimate of drug-likeness (QED) is 0.848. The molecular weight excluding hydrogens is 252 g/mol. The fourth-order valence-electron chi connectivity index (χ4n) is 1.80. The maximum atomic E-state index is 11.8. The van der Waals surface area contributed by atoms with Gasteiger partial charge in [0, 0.05) is 29.6 Å². The van der Waals surface area contributed by atoms with Crippen LogP contribution < -0.4 is 5.32 Å². The summed E-state index contributed by atoms with van der Waals surface area (Å²) in [6.07, 6.45) is 2.71. The van der Waals surface area contributed by atoms with Crippen molar-refractivity contribution in [1.82, 2.24) is 4.98 Å². The first kappa shape index (κ1) is 13.9. The molecule has 2 aromatic rings. The van der Waals surface area contributed by atoms with Gasteiger partial charge in [-0.05, 0) is 49.7 Å². The van der Waals surface area contributed by atoms with Gasteiger partial charge >= 0.3 is 0 Å². The van der Waals surface area contributed by atoms with Crippen molar-refractivity contribution in [3.63, 3.8) is 0 Å². The molecule has 1 aromatic heterocycles. The SMILES string of the molecule is CC(=O)c1ccc(NC(=O)CCc2ccccn2)cc1. The smallest absolute Gasteiger partial charge is 0.224 e. The van der Waals surface area contributed by atoms with E-state index in [1.54, 1.807) is 30.5 Å². The number of amides is 1. The van der Waals surface area contributed by atoms with Gasteiger partial charge in [-0.25, -0.2) is 0 Å². The van der Waals surface area contributed by atoms with Crippen molar-refractivity contribution < 1.29 is 9.59 Å². The average Bonchev–Trinajstić information content (AvgIpc) is 2.47. The van der Waals surface area contributed by atoms with Crippen LogP contribution in [0.3, 0.4) is 0 Å². The molecule has 20 heavy (non-hydrogen) atoms. The molecule has 0 unspecified atom stereocenters. The third-order valence-corrected chi connectivity index (χ3v) is 2.91. The van der Waals surface area contributed by atoms with Crippen LogP contribution in [0.4, 0.5) is 5.69 Å². The van der Waals surface area contributed by atoms with E-state index in [1.807, 2.05) is 18.2 Å². The number of pyridine rings is 1. The Bertz CT molecular complexity index is 592. The van der Waals surface area contributed by atoms with Gasteiger partial charge < -0.3 is 5.32 Å². The van der Waals surface area contributed by atoms with Gasteiger partial charge in [0.15, 0.2) is 5.78 Å². The van der Waals surface area contributed by atoms with Crippen molar-refractivity contribution in [2.24, 2.45) is 0 Å². The molecule has 0 aliphatic heterocycles. The zero-order valence-electron chi connectivity index (χ0n) is 11.3. The van der Waals surface area contributed by atoms with Gasteiger partial charge in [-0.2, -0.15) is 0 Å². The number of carbonyl (C=O) groups excluding carboxylic acids is 2. The predicted octanol–water partition coefficient (Wildman–Crippen LogP) is 2.86. The molecule has 0 saturated heterocycles. The second-order valence-electron chi connectivity index (χ2n) is 4.50. The Balaban J connectivity index is 1.86. The number of benzene rings is 1. The molecule has 4 nitrogen and oxygen atoms in total. The third-order valence-electron chi connectivity index (χ3n) is 2.91. The monoisotopic (exact) mass is 268 g/mol. The Morgan fingerprint density at radius 1 is 1.10 bits per heavy atom. The molecule has 0 aliphatic carbocycles. The van der Waals surface area contributed by atoms with Crippen molar-refractivity contribution in [2.45, 2.75) is 19.8 Å². The second kappa shape index (κ2) is 6.61. The molecule has 102 valence electrons. The van der Waals surface area contributed by atoms with Crippen molar-refractivity contribution >= 4 is 17.4 Å². The molecule has 0 bridgehead atoms. The molecule has 2 rings (SSSR count). The van der Waals surface area contributed by atoms with Crippen molar-refractivity contribution in [3.8, 4) is 0 Å². The van der Waals surface area contributed by atoms with Crippen LogP contribution in [0.2, 0.25) is 0 Å². The molecule has 1 amide bonds. The zero-order chi connectivity index (χ0) is 14.4. The van der Waals surface area contributed by atoms with E-state index >= 15 is 0 Å². The molecule has 1 heterocycles. The molecule has 1 aromatic carbocycles. The Labute approximate surface area is 117 Å². The first-order valence-electron chi connectivity index (χ1n) is 6.46. The molecular formula is C16H16N2O2. The van der Waals surface area contributed by atoms with E-state index in [2.05, 4.69) is 10.3 Å². The predicted molar refractivity (Wildman–Crippen MR) is 77.6 cm³/mol. The number of Topliss-reactive ketones (excluding diaryl/α,β-unsaturated/α-hetero) is 1. The highest BCUT2D eigenvalue weighted by Gasteiger charge is 2.04. The third kappa shape index (κ3) is 4.02. The van der Waals surface area contributed by atoms with Gasteiger partial charge in [0.1, 0.15) is 0 Å². The molecule has 0 fully saturated rings. The Kier molecular flexibility index (Phi) is 4.60. The summed E-state index contributed by atoms with van der Waals surface area (Å²) in [4.78, 5) is 27.1. The van der Waals surface area contributed by atoms with Gasteiger partial charge in [-0.1, -0.05) is 6.07 Å². The average molecular weight is 268 g/mol. The van der Waals surface area contributed by atoms with E-state index < -0.39 is 0 Å². The summed E-state index contributed by atoms with van der Waals surface area (Å²) in [5.41, 5.74) is 2.23. The topological polar surface area (TPSA) is 59.1 Å². The van der Waals surface area contributed by atoms with E-state index in [-0.39, 0.29) is 11.7 Å². The van der Waals surface area contributed by atoms with Crippen LogP contribution >= 0.6 is 0 Å². The van der Waals surface area contributed by atoms with Crippen LogP contribution in [0.5, 0.6) is 0 Å². The standard InChI is InChI=1S/C16H16N2O2/c1-12(19)13-5-7-15(8-6-13)18-16(20)10-9-14-4-2-3-11-17-14/h2-8,11H,9-10H2,1H3,(H,18,20). The fourth-order valence-corrected chi connectivity index (χ4v) is 1.80.